The minimum absolute atomic E-state index is 0.00495. The number of nitrogens with zero attached hydrogens (tertiary/aromatic N) is 3. The summed E-state index contributed by atoms with van der Waals surface area (Å²) in [6, 6.07) is 2.16. The van der Waals surface area contributed by atoms with Crippen molar-refractivity contribution in [1.29, 1.82) is 5.26 Å². The molecule has 17 heavy (non-hydrogen) atoms. The Bertz CT molecular complexity index is 297. The SMILES string of the molecule is CC1CCNC(=O)C(CC#N)N1CCN(C)C. The van der Waals surface area contributed by atoms with Crippen molar-refractivity contribution < 1.29 is 4.79 Å². The molecule has 0 saturated carbocycles. The number of carbonyl (C=O) groups is 1. The number of hydrogen-bond acceptors (Lipinski definition) is 4. The highest BCUT2D eigenvalue weighted by Gasteiger charge is 2.31. The monoisotopic (exact) mass is 238 g/mol. The van der Waals surface area contributed by atoms with Crippen molar-refractivity contribution in [1.82, 2.24) is 15.1 Å². The van der Waals surface area contributed by atoms with Gasteiger partial charge in [-0.2, -0.15) is 5.26 Å². The Balaban J connectivity index is 2.74. The van der Waals surface area contributed by atoms with Crippen molar-refractivity contribution in [3.8, 4) is 6.07 Å². The second kappa shape index (κ2) is 6.58. The minimum atomic E-state index is -0.294. The van der Waals surface area contributed by atoms with Gasteiger partial charge in [0, 0.05) is 25.7 Å². The van der Waals surface area contributed by atoms with Crippen molar-refractivity contribution in [2.24, 2.45) is 0 Å². The predicted molar refractivity (Wildman–Crippen MR) is 66.4 cm³/mol. The Hall–Kier alpha value is -1.12. The fourth-order valence-corrected chi connectivity index (χ4v) is 2.13. The summed E-state index contributed by atoms with van der Waals surface area (Å²) in [5, 5.41) is 11.7. The molecule has 0 aromatic carbocycles. The first-order valence-corrected chi connectivity index (χ1v) is 6.11. The van der Waals surface area contributed by atoms with Crippen molar-refractivity contribution in [2.45, 2.75) is 31.8 Å². The molecule has 0 bridgehead atoms. The van der Waals surface area contributed by atoms with E-state index in [0.717, 1.165) is 19.5 Å². The van der Waals surface area contributed by atoms with Crippen LogP contribution in [0.3, 0.4) is 0 Å². The van der Waals surface area contributed by atoms with E-state index in [4.69, 9.17) is 5.26 Å². The van der Waals surface area contributed by atoms with E-state index in [1.165, 1.54) is 0 Å². The van der Waals surface area contributed by atoms with Crippen molar-refractivity contribution >= 4 is 5.91 Å². The second-order valence-corrected chi connectivity index (χ2v) is 4.85. The zero-order valence-corrected chi connectivity index (χ0v) is 10.9. The van der Waals surface area contributed by atoms with Crippen molar-refractivity contribution in [2.75, 3.05) is 33.7 Å². The van der Waals surface area contributed by atoms with Crippen LogP contribution in [-0.2, 0) is 4.79 Å². The fourth-order valence-electron chi connectivity index (χ4n) is 2.13. The summed E-state index contributed by atoms with van der Waals surface area (Å²) in [5.74, 6) is -0.00495. The van der Waals surface area contributed by atoms with E-state index in [1.54, 1.807) is 0 Å². The summed E-state index contributed by atoms with van der Waals surface area (Å²) in [7, 11) is 4.03. The van der Waals surface area contributed by atoms with E-state index in [2.05, 4.69) is 28.1 Å². The average molecular weight is 238 g/mol. The van der Waals surface area contributed by atoms with Gasteiger partial charge >= 0.3 is 0 Å². The topological polar surface area (TPSA) is 59.4 Å². The van der Waals surface area contributed by atoms with Crippen LogP contribution in [0.4, 0.5) is 0 Å². The van der Waals surface area contributed by atoms with Crippen LogP contribution in [0.15, 0.2) is 0 Å². The van der Waals surface area contributed by atoms with E-state index in [0.29, 0.717) is 12.6 Å². The number of nitrogens with one attached hydrogen (secondary N) is 1. The lowest BCUT2D eigenvalue weighted by Crippen LogP contribution is -2.49. The van der Waals surface area contributed by atoms with E-state index < -0.39 is 0 Å². The molecule has 2 atom stereocenters. The number of carbonyl (C=O) groups excluding carboxylic acids is 1. The van der Waals surface area contributed by atoms with E-state index >= 15 is 0 Å². The largest absolute Gasteiger partial charge is 0.355 e. The van der Waals surface area contributed by atoms with Gasteiger partial charge in [0.15, 0.2) is 0 Å². The van der Waals surface area contributed by atoms with Crippen molar-refractivity contribution in [3.63, 3.8) is 0 Å². The number of amides is 1. The van der Waals surface area contributed by atoms with Crippen LogP contribution in [0, 0.1) is 11.3 Å². The molecule has 1 saturated heterocycles. The highest BCUT2D eigenvalue weighted by molar-refractivity contribution is 5.82. The zero-order valence-electron chi connectivity index (χ0n) is 10.9. The summed E-state index contributed by atoms with van der Waals surface area (Å²) in [4.78, 5) is 16.1. The first-order chi connectivity index (χ1) is 8.06. The third kappa shape index (κ3) is 3.99. The van der Waals surface area contributed by atoms with Gasteiger partial charge < -0.3 is 10.2 Å². The van der Waals surface area contributed by atoms with Crippen LogP contribution in [0.1, 0.15) is 19.8 Å². The average Bonchev–Trinajstić information content (AvgIpc) is 2.38. The van der Waals surface area contributed by atoms with Crippen LogP contribution in [-0.4, -0.2) is 61.5 Å². The van der Waals surface area contributed by atoms with E-state index in [-0.39, 0.29) is 18.4 Å². The van der Waals surface area contributed by atoms with Gasteiger partial charge in [-0.3, -0.25) is 9.69 Å². The quantitative estimate of drug-likeness (QED) is 0.751. The zero-order chi connectivity index (χ0) is 12.8. The van der Waals surface area contributed by atoms with E-state index in [1.807, 2.05) is 14.1 Å². The first-order valence-electron chi connectivity index (χ1n) is 6.11. The number of nitriles is 1. The summed E-state index contributed by atoms with van der Waals surface area (Å²) < 4.78 is 0. The molecule has 96 valence electrons. The third-order valence-electron chi connectivity index (χ3n) is 3.22. The highest BCUT2D eigenvalue weighted by atomic mass is 16.2. The molecule has 1 amide bonds. The Morgan fingerprint density at radius 1 is 1.59 bits per heavy atom. The molecule has 0 aliphatic carbocycles. The summed E-state index contributed by atoms with van der Waals surface area (Å²) in [5.41, 5.74) is 0. The van der Waals surface area contributed by atoms with Crippen LogP contribution in [0.25, 0.3) is 0 Å². The lowest BCUT2D eigenvalue weighted by Gasteiger charge is -2.32. The highest BCUT2D eigenvalue weighted by Crippen LogP contribution is 2.14. The molecular formula is C12H22N4O. The lowest BCUT2D eigenvalue weighted by atomic mass is 10.1. The Labute approximate surface area is 103 Å². The molecule has 0 aromatic rings. The Morgan fingerprint density at radius 2 is 2.29 bits per heavy atom. The molecule has 0 aromatic heterocycles. The predicted octanol–water partition coefficient (Wildman–Crippen LogP) is 0.0407. The minimum Gasteiger partial charge on any atom is -0.355 e. The van der Waals surface area contributed by atoms with Crippen LogP contribution in [0.2, 0.25) is 0 Å². The number of hydrogen-bond donors (Lipinski definition) is 1. The van der Waals surface area contributed by atoms with Gasteiger partial charge in [0.1, 0.15) is 6.04 Å². The number of rotatable bonds is 4. The molecule has 0 spiro atoms. The van der Waals surface area contributed by atoms with Gasteiger partial charge in [-0.25, -0.2) is 0 Å². The van der Waals surface area contributed by atoms with Gasteiger partial charge in [0.2, 0.25) is 5.91 Å². The summed E-state index contributed by atoms with van der Waals surface area (Å²) in [6.07, 6.45) is 1.21. The molecule has 1 aliphatic heterocycles. The van der Waals surface area contributed by atoms with Gasteiger partial charge in [-0.05, 0) is 27.4 Å². The molecule has 0 radical (unpaired) electrons. The Kier molecular flexibility index (Phi) is 5.39. The molecular weight excluding hydrogens is 216 g/mol. The van der Waals surface area contributed by atoms with Gasteiger partial charge in [0.05, 0.1) is 12.5 Å². The maximum atomic E-state index is 11.9. The molecule has 1 rings (SSSR count). The number of likely N-dealkylation sites (N-methyl/N-ethyl adjacent to an activating group) is 1. The van der Waals surface area contributed by atoms with Crippen LogP contribution in [0.5, 0.6) is 0 Å². The molecule has 1 aliphatic rings. The summed E-state index contributed by atoms with van der Waals surface area (Å²) in [6.45, 7) is 4.56. The van der Waals surface area contributed by atoms with Gasteiger partial charge in [0.25, 0.3) is 0 Å². The van der Waals surface area contributed by atoms with Crippen molar-refractivity contribution in [3.05, 3.63) is 0 Å². The smallest absolute Gasteiger partial charge is 0.238 e. The molecule has 2 unspecified atom stereocenters. The maximum absolute atomic E-state index is 11.9. The summed E-state index contributed by atoms with van der Waals surface area (Å²) >= 11 is 0. The Morgan fingerprint density at radius 3 is 2.88 bits per heavy atom. The first kappa shape index (κ1) is 13.9. The van der Waals surface area contributed by atoms with Crippen LogP contribution < -0.4 is 5.32 Å². The fraction of sp³-hybridized carbons (Fsp3) is 0.833. The van der Waals surface area contributed by atoms with Gasteiger partial charge in [-0.1, -0.05) is 0 Å². The molecule has 5 nitrogen and oxygen atoms in total. The maximum Gasteiger partial charge on any atom is 0.238 e. The van der Waals surface area contributed by atoms with E-state index in [9.17, 15) is 4.79 Å². The normalized spacial score (nSPS) is 26.4. The molecule has 1 N–H and O–H groups in total. The molecule has 1 heterocycles. The third-order valence-corrected chi connectivity index (χ3v) is 3.22. The van der Waals surface area contributed by atoms with Crippen LogP contribution >= 0.6 is 0 Å². The molecule has 1 fully saturated rings. The van der Waals surface area contributed by atoms with Gasteiger partial charge in [-0.15, -0.1) is 0 Å². The second-order valence-electron chi connectivity index (χ2n) is 4.85. The lowest BCUT2D eigenvalue weighted by molar-refractivity contribution is -0.125. The molecule has 5 heteroatoms. The standard InChI is InChI=1S/C12H22N4O/c1-10-5-7-14-12(17)11(4-6-13)16(10)9-8-15(2)3/h10-11H,4-5,7-9H2,1-3H3,(H,14,17).